The molecule has 112 valence electrons. The second-order valence-electron chi connectivity index (χ2n) is 4.98. The van der Waals surface area contributed by atoms with Gasteiger partial charge < -0.3 is 10.1 Å². The molecule has 1 N–H and O–H groups in total. The van der Waals surface area contributed by atoms with E-state index in [9.17, 15) is 4.39 Å². The molecule has 2 aromatic rings. The lowest BCUT2D eigenvalue weighted by atomic mass is 9.99. The van der Waals surface area contributed by atoms with Crippen molar-refractivity contribution in [2.45, 2.75) is 18.9 Å². The Morgan fingerprint density at radius 2 is 1.86 bits per heavy atom. The molecule has 0 radical (unpaired) electrons. The van der Waals surface area contributed by atoms with E-state index >= 15 is 0 Å². The number of nitrogens with one attached hydrogen (secondary N) is 1. The molecule has 0 heterocycles. The number of ether oxygens (including phenoxy) is 1. The third-order valence-electron chi connectivity index (χ3n) is 3.52. The van der Waals surface area contributed by atoms with Crippen molar-refractivity contribution in [3.63, 3.8) is 0 Å². The van der Waals surface area contributed by atoms with Gasteiger partial charge in [-0.2, -0.15) is 0 Å². The van der Waals surface area contributed by atoms with Crippen LogP contribution in [0.15, 0.2) is 46.9 Å². The maximum absolute atomic E-state index is 13.4. The Kier molecular flexibility index (Phi) is 5.76. The maximum Gasteiger partial charge on any atom is 0.123 e. The fourth-order valence-electron chi connectivity index (χ4n) is 2.29. The number of hydrogen-bond acceptors (Lipinski definition) is 2. The minimum absolute atomic E-state index is 0.201. The summed E-state index contributed by atoms with van der Waals surface area (Å²) in [4.78, 5) is 0. The molecule has 0 saturated carbocycles. The minimum Gasteiger partial charge on any atom is -0.497 e. The third-order valence-corrected chi connectivity index (χ3v) is 4.30. The van der Waals surface area contributed by atoms with Gasteiger partial charge in [-0.1, -0.05) is 28.1 Å². The van der Waals surface area contributed by atoms with Crippen LogP contribution in [-0.2, 0) is 12.8 Å². The molecule has 2 aromatic carbocycles. The summed E-state index contributed by atoms with van der Waals surface area (Å²) in [6, 6.07) is 13.1. The van der Waals surface area contributed by atoms with Crippen LogP contribution in [0.5, 0.6) is 5.75 Å². The van der Waals surface area contributed by atoms with Crippen LogP contribution in [-0.4, -0.2) is 20.2 Å². The Balaban J connectivity index is 2.07. The first-order valence-electron chi connectivity index (χ1n) is 6.86. The molecule has 2 rings (SSSR count). The van der Waals surface area contributed by atoms with E-state index in [-0.39, 0.29) is 11.9 Å². The first-order valence-corrected chi connectivity index (χ1v) is 7.66. The third kappa shape index (κ3) is 4.55. The zero-order chi connectivity index (χ0) is 15.2. The fraction of sp³-hybridized carbons (Fsp3) is 0.294. The molecular weight excluding hydrogens is 333 g/mol. The van der Waals surface area contributed by atoms with E-state index in [1.807, 2.05) is 19.2 Å². The van der Waals surface area contributed by atoms with Gasteiger partial charge >= 0.3 is 0 Å². The van der Waals surface area contributed by atoms with Crippen molar-refractivity contribution < 1.29 is 9.13 Å². The first-order chi connectivity index (χ1) is 10.1. The minimum atomic E-state index is -0.201. The van der Waals surface area contributed by atoms with Gasteiger partial charge in [-0.25, -0.2) is 4.39 Å². The fourth-order valence-corrected chi connectivity index (χ4v) is 2.70. The highest BCUT2D eigenvalue weighted by atomic mass is 79.9. The van der Waals surface area contributed by atoms with E-state index in [2.05, 4.69) is 33.4 Å². The Morgan fingerprint density at radius 3 is 2.48 bits per heavy atom. The molecule has 0 aliphatic heterocycles. The van der Waals surface area contributed by atoms with Crippen LogP contribution < -0.4 is 10.1 Å². The molecule has 1 unspecified atom stereocenters. The van der Waals surface area contributed by atoms with Gasteiger partial charge in [-0.3, -0.25) is 0 Å². The quantitative estimate of drug-likeness (QED) is 0.850. The van der Waals surface area contributed by atoms with Gasteiger partial charge in [0.05, 0.1) is 7.11 Å². The van der Waals surface area contributed by atoms with E-state index in [0.29, 0.717) is 0 Å². The average Bonchev–Trinajstić information content (AvgIpc) is 2.51. The summed E-state index contributed by atoms with van der Waals surface area (Å²) in [6.07, 6.45) is 1.64. The SMILES string of the molecule is CNC(Cc1ccc(OC)cc1)Cc1cc(F)ccc1Br. The molecule has 0 aliphatic carbocycles. The molecule has 0 amide bonds. The first kappa shape index (κ1) is 16.0. The van der Waals surface area contributed by atoms with Crippen LogP contribution in [0.4, 0.5) is 4.39 Å². The van der Waals surface area contributed by atoms with Gasteiger partial charge in [0.15, 0.2) is 0 Å². The van der Waals surface area contributed by atoms with Crippen LogP contribution >= 0.6 is 15.9 Å². The summed E-state index contributed by atoms with van der Waals surface area (Å²) in [5.74, 6) is 0.653. The molecule has 0 saturated heterocycles. The maximum atomic E-state index is 13.4. The molecule has 0 spiro atoms. The van der Waals surface area contributed by atoms with E-state index in [4.69, 9.17) is 4.74 Å². The number of likely N-dealkylation sites (N-methyl/N-ethyl adjacent to an activating group) is 1. The lowest BCUT2D eigenvalue weighted by Crippen LogP contribution is -2.30. The van der Waals surface area contributed by atoms with Crippen molar-refractivity contribution in [1.82, 2.24) is 5.32 Å². The standard InChI is InChI=1S/C17H19BrFNO/c1-20-15(9-12-3-6-16(21-2)7-4-12)11-13-10-14(19)5-8-17(13)18/h3-8,10,15,20H,9,11H2,1-2H3. The summed E-state index contributed by atoms with van der Waals surface area (Å²) < 4.78 is 19.5. The lowest BCUT2D eigenvalue weighted by molar-refractivity contribution is 0.414. The zero-order valence-corrected chi connectivity index (χ0v) is 13.8. The van der Waals surface area contributed by atoms with E-state index in [1.165, 1.54) is 11.6 Å². The van der Waals surface area contributed by atoms with Crippen molar-refractivity contribution in [1.29, 1.82) is 0 Å². The van der Waals surface area contributed by atoms with Gasteiger partial charge in [0, 0.05) is 10.5 Å². The van der Waals surface area contributed by atoms with Gasteiger partial charge in [-0.05, 0) is 61.3 Å². The van der Waals surface area contributed by atoms with Crippen molar-refractivity contribution in [3.05, 3.63) is 63.9 Å². The molecule has 4 heteroatoms. The predicted octanol–water partition coefficient (Wildman–Crippen LogP) is 3.97. The summed E-state index contributed by atoms with van der Waals surface area (Å²) in [5, 5.41) is 3.30. The molecule has 0 fully saturated rings. The van der Waals surface area contributed by atoms with Crippen LogP contribution in [0.25, 0.3) is 0 Å². The number of hydrogen-bond donors (Lipinski definition) is 1. The Morgan fingerprint density at radius 1 is 1.14 bits per heavy atom. The Bertz CT molecular complexity index is 586. The largest absolute Gasteiger partial charge is 0.497 e. The second-order valence-corrected chi connectivity index (χ2v) is 5.83. The second kappa shape index (κ2) is 7.57. The van der Waals surface area contributed by atoms with Crippen molar-refractivity contribution in [2.75, 3.05) is 14.2 Å². The molecule has 1 atom stereocenters. The lowest BCUT2D eigenvalue weighted by Gasteiger charge is -2.17. The molecule has 0 aromatic heterocycles. The normalized spacial score (nSPS) is 12.2. The van der Waals surface area contributed by atoms with Crippen LogP contribution in [0, 0.1) is 5.82 Å². The molecular formula is C17H19BrFNO. The Hall–Kier alpha value is -1.39. The monoisotopic (exact) mass is 351 g/mol. The highest BCUT2D eigenvalue weighted by molar-refractivity contribution is 9.10. The average molecular weight is 352 g/mol. The van der Waals surface area contributed by atoms with Crippen molar-refractivity contribution >= 4 is 15.9 Å². The van der Waals surface area contributed by atoms with Crippen LogP contribution in [0.3, 0.4) is 0 Å². The van der Waals surface area contributed by atoms with Crippen LogP contribution in [0.1, 0.15) is 11.1 Å². The predicted molar refractivity (Wildman–Crippen MR) is 87.3 cm³/mol. The van der Waals surface area contributed by atoms with E-state index in [1.54, 1.807) is 19.2 Å². The summed E-state index contributed by atoms with van der Waals surface area (Å²) >= 11 is 3.48. The number of rotatable bonds is 6. The highest BCUT2D eigenvalue weighted by Gasteiger charge is 2.11. The summed E-state index contributed by atoms with van der Waals surface area (Å²) in [7, 11) is 3.59. The summed E-state index contributed by atoms with van der Waals surface area (Å²) in [5.41, 5.74) is 2.20. The van der Waals surface area contributed by atoms with Crippen molar-refractivity contribution in [3.8, 4) is 5.75 Å². The molecule has 0 aliphatic rings. The molecule has 0 bridgehead atoms. The van der Waals surface area contributed by atoms with E-state index in [0.717, 1.165) is 28.6 Å². The highest BCUT2D eigenvalue weighted by Crippen LogP contribution is 2.21. The smallest absolute Gasteiger partial charge is 0.123 e. The van der Waals surface area contributed by atoms with Gasteiger partial charge in [-0.15, -0.1) is 0 Å². The van der Waals surface area contributed by atoms with Gasteiger partial charge in [0.2, 0.25) is 0 Å². The summed E-state index contributed by atoms with van der Waals surface area (Å²) in [6.45, 7) is 0. The molecule has 2 nitrogen and oxygen atoms in total. The van der Waals surface area contributed by atoms with Gasteiger partial charge in [0.25, 0.3) is 0 Å². The van der Waals surface area contributed by atoms with Crippen LogP contribution in [0.2, 0.25) is 0 Å². The zero-order valence-electron chi connectivity index (χ0n) is 12.2. The number of methoxy groups -OCH3 is 1. The van der Waals surface area contributed by atoms with Crippen molar-refractivity contribution in [2.24, 2.45) is 0 Å². The number of halogens is 2. The Labute approximate surface area is 133 Å². The van der Waals surface area contributed by atoms with E-state index < -0.39 is 0 Å². The topological polar surface area (TPSA) is 21.3 Å². The number of benzene rings is 2. The van der Waals surface area contributed by atoms with Gasteiger partial charge in [0.1, 0.15) is 11.6 Å². The molecule has 21 heavy (non-hydrogen) atoms.